The molecule has 6 nitrogen and oxygen atoms in total. The zero-order valence-corrected chi connectivity index (χ0v) is 16.5. The molecule has 1 aromatic carbocycles. The number of hydrogen-bond donors (Lipinski definition) is 1. The summed E-state index contributed by atoms with van der Waals surface area (Å²) in [6.45, 7) is 6.95. The summed E-state index contributed by atoms with van der Waals surface area (Å²) in [5.74, 6) is 0.297. The molecule has 1 saturated carbocycles. The number of piperidine rings is 1. The second-order valence-corrected chi connectivity index (χ2v) is 8.87. The largest absolute Gasteiger partial charge is 0.367 e. The van der Waals surface area contributed by atoms with Crippen LogP contribution >= 0.6 is 0 Å². The van der Waals surface area contributed by atoms with Crippen LogP contribution in [0.3, 0.4) is 0 Å². The van der Waals surface area contributed by atoms with Crippen molar-refractivity contribution in [3.05, 3.63) is 34.1 Å². The number of non-ortho nitro benzene ring substituents is 1. The highest BCUT2D eigenvalue weighted by Crippen LogP contribution is 2.45. The summed E-state index contributed by atoms with van der Waals surface area (Å²) >= 11 is 0. The molecule has 0 bridgehead atoms. The maximum atomic E-state index is 14.3. The third-order valence-electron chi connectivity index (χ3n) is 7.20. The summed E-state index contributed by atoms with van der Waals surface area (Å²) in [6, 6.07) is 3.96. The molecule has 154 valence electrons. The van der Waals surface area contributed by atoms with Crippen LogP contribution in [0.5, 0.6) is 0 Å². The summed E-state index contributed by atoms with van der Waals surface area (Å²) in [5, 5.41) is 14.3. The first-order chi connectivity index (χ1) is 13.5. The molecule has 1 aromatic rings. The predicted molar refractivity (Wildman–Crippen MR) is 108 cm³/mol. The van der Waals surface area contributed by atoms with Gasteiger partial charge in [-0.15, -0.1) is 0 Å². The van der Waals surface area contributed by atoms with E-state index in [9.17, 15) is 14.5 Å². The van der Waals surface area contributed by atoms with Gasteiger partial charge >= 0.3 is 0 Å². The van der Waals surface area contributed by atoms with Crippen LogP contribution in [-0.4, -0.2) is 55.6 Å². The lowest BCUT2D eigenvalue weighted by Crippen LogP contribution is -2.48. The van der Waals surface area contributed by atoms with E-state index in [1.54, 1.807) is 6.07 Å². The van der Waals surface area contributed by atoms with Gasteiger partial charge in [0.1, 0.15) is 0 Å². The smallest absolute Gasteiger partial charge is 0.272 e. The molecule has 0 amide bonds. The zero-order chi connectivity index (χ0) is 19.6. The highest BCUT2D eigenvalue weighted by atomic mass is 19.1. The van der Waals surface area contributed by atoms with Crippen molar-refractivity contribution in [2.75, 3.05) is 50.7 Å². The fourth-order valence-electron chi connectivity index (χ4n) is 5.33. The van der Waals surface area contributed by atoms with E-state index in [4.69, 9.17) is 0 Å². The first-order valence-corrected chi connectivity index (χ1v) is 10.7. The van der Waals surface area contributed by atoms with Gasteiger partial charge in [0.2, 0.25) is 0 Å². The molecule has 3 fully saturated rings. The summed E-state index contributed by atoms with van der Waals surface area (Å²) in [5.41, 5.74) is 0.910. The highest BCUT2D eigenvalue weighted by Gasteiger charge is 2.36. The highest BCUT2D eigenvalue weighted by molar-refractivity contribution is 5.52. The number of rotatable bonds is 4. The van der Waals surface area contributed by atoms with Gasteiger partial charge in [-0.25, -0.2) is 4.39 Å². The standard InChI is InChI=1S/C21H31FN4O2/c22-19-15-18(26(27)28)1-2-20(19)25-13-11-24(12-14-25)16-17-3-5-21(6-4-17)7-9-23-10-8-21/h1-2,15,17,23H,3-14,16H2. The lowest BCUT2D eigenvalue weighted by molar-refractivity contribution is -0.385. The topological polar surface area (TPSA) is 61.7 Å². The van der Waals surface area contributed by atoms with E-state index in [-0.39, 0.29) is 5.69 Å². The molecular weight excluding hydrogens is 359 g/mol. The van der Waals surface area contributed by atoms with Crippen molar-refractivity contribution in [3.8, 4) is 0 Å². The van der Waals surface area contributed by atoms with Gasteiger partial charge in [-0.3, -0.25) is 15.0 Å². The van der Waals surface area contributed by atoms with Gasteiger partial charge in [-0.2, -0.15) is 0 Å². The third-order valence-corrected chi connectivity index (χ3v) is 7.20. The minimum Gasteiger partial charge on any atom is -0.367 e. The number of anilines is 1. The minimum absolute atomic E-state index is 0.191. The Hall–Kier alpha value is -1.73. The summed E-state index contributed by atoms with van der Waals surface area (Å²) in [6.07, 6.45) is 8.15. The zero-order valence-electron chi connectivity index (χ0n) is 16.5. The van der Waals surface area contributed by atoms with E-state index in [2.05, 4.69) is 10.2 Å². The number of halogens is 1. The predicted octanol–water partition coefficient (Wildman–Crippen LogP) is 3.42. The first kappa shape index (κ1) is 19.6. The van der Waals surface area contributed by atoms with Crippen LogP contribution in [0.2, 0.25) is 0 Å². The van der Waals surface area contributed by atoms with Gasteiger partial charge in [0, 0.05) is 38.8 Å². The number of hydrogen-bond acceptors (Lipinski definition) is 5. The normalized spacial score (nSPS) is 23.8. The monoisotopic (exact) mass is 390 g/mol. The Kier molecular flexibility index (Phi) is 5.83. The third kappa shape index (κ3) is 4.30. The van der Waals surface area contributed by atoms with Crippen molar-refractivity contribution in [2.24, 2.45) is 11.3 Å². The fraction of sp³-hybridized carbons (Fsp3) is 0.714. The van der Waals surface area contributed by atoms with Crippen molar-refractivity contribution in [1.29, 1.82) is 0 Å². The Balaban J connectivity index is 1.25. The Morgan fingerprint density at radius 2 is 1.79 bits per heavy atom. The number of benzene rings is 1. The summed E-state index contributed by atoms with van der Waals surface area (Å²) < 4.78 is 14.3. The lowest BCUT2D eigenvalue weighted by atomic mass is 9.65. The van der Waals surface area contributed by atoms with Crippen LogP contribution in [0.25, 0.3) is 0 Å². The number of nitrogens with one attached hydrogen (secondary N) is 1. The molecule has 0 aromatic heterocycles. The second kappa shape index (κ2) is 8.33. The van der Waals surface area contributed by atoms with Crippen molar-refractivity contribution >= 4 is 11.4 Å². The molecular formula is C21H31FN4O2. The van der Waals surface area contributed by atoms with Crippen molar-refractivity contribution < 1.29 is 9.31 Å². The maximum Gasteiger partial charge on any atom is 0.272 e. The Morgan fingerprint density at radius 1 is 1.11 bits per heavy atom. The van der Waals surface area contributed by atoms with E-state index >= 15 is 0 Å². The van der Waals surface area contributed by atoms with Gasteiger partial charge in [0.05, 0.1) is 16.7 Å². The number of piperazine rings is 1. The fourth-order valence-corrected chi connectivity index (χ4v) is 5.33. The van der Waals surface area contributed by atoms with Gasteiger partial charge in [0.25, 0.3) is 5.69 Å². The lowest BCUT2D eigenvalue weighted by Gasteiger charge is -2.45. The van der Waals surface area contributed by atoms with E-state index in [0.29, 0.717) is 11.1 Å². The van der Waals surface area contributed by atoms with Crippen LogP contribution in [0.4, 0.5) is 15.8 Å². The molecule has 0 unspecified atom stereocenters. The second-order valence-electron chi connectivity index (χ2n) is 8.87. The molecule has 0 atom stereocenters. The molecule has 1 aliphatic carbocycles. The molecule has 1 N–H and O–H groups in total. The van der Waals surface area contributed by atoms with E-state index in [0.717, 1.165) is 44.7 Å². The van der Waals surface area contributed by atoms with E-state index in [1.807, 2.05) is 4.90 Å². The molecule has 2 saturated heterocycles. The molecule has 1 spiro atoms. The summed E-state index contributed by atoms with van der Waals surface area (Å²) in [7, 11) is 0. The van der Waals surface area contributed by atoms with Gasteiger partial charge < -0.3 is 10.2 Å². The van der Waals surface area contributed by atoms with Crippen LogP contribution in [0.1, 0.15) is 38.5 Å². The van der Waals surface area contributed by atoms with Crippen molar-refractivity contribution in [2.45, 2.75) is 38.5 Å². The van der Waals surface area contributed by atoms with Gasteiger partial charge in [0.15, 0.2) is 5.82 Å². The average Bonchev–Trinajstić information content (AvgIpc) is 2.71. The molecule has 4 rings (SSSR count). The number of nitro groups is 1. The Labute approximate surface area is 166 Å². The van der Waals surface area contributed by atoms with Crippen LogP contribution < -0.4 is 10.2 Å². The SMILES string of the molecule is O=[N+]([O-])c1ccc(N2CCN(CC3CCC4(CCNCC4)CC3)CC2)c(F)c1. The number of nitrogens with zero attached hydrogens (tertiary/aromatic N) is 3. The first-order valence-electron chi connectivity index (χ1n) is 10.7. The van der Waals surface area contributed by atoms with Crippen molar-refractivity contribution in [3.63, 3.8) is 0 Å². The molecule has 28 heavy (non-hydrogen) atoms. The molecule has 0 radical (unpaired) electrons. The van der Waals surface area contributed by atoms with Crippen LogP contribution in [-0.2, 0) is 0 Å². The van der Waals surface area contributed by atoms with E-state index in [1.165, 1.54) is 57.7 Å². The molecule has 7 heteroatoms. The quantitative estimate of drug-likeness (QED) is 0.631. The Bertz CT molecular complexity index is 690. The molecule has 2 heterocycles. The van der Waals surface area contributed by atoms with E-state index < -0.39 is 10.7 Å². The van der Waals surface area contributed by atoms with Gasteiger partial charge in [-0.05, 0) is 69.0 Å². The molecule has 2 aliphatic heterocycles. The minimum atomic E-state index is -0.553. The maximum absolute atomic E-state index is 14.3. The summed E-state index contributed by atoms with van der Waals surface area (Å²) in [4.78, 5) is 14.8. The average molecular weight is 391 g/mol. The van der Waals surface area contributed by atoms with Crippen LogP contribution in [0, 0.1) is 27.3 Å². The van der Waals surface area contributed by atoms with Crippen LogP contribution in [0.15, 0.2) is 18.2 Å². The Morgan fingerprint density at radius 3 is 2.39 bits per heavy atom. The van der Waals surface area contributed by atoms with Crippen molar-refractivity contribution in [1.82, 2.24) is 10.2 Å². The number of nitro benzene ring substituents is 1. The van der Waals surface area contributed by atoms with Gasteiger partial charge in [-0.1, -0.05) is 0 Å². The molecule has 3 aliphatic rings.